The molecule has 2 heterocycles. The van der Waals surface area contributed by atoms with E-state index in [0.717, 1.165) is 12.5 Å². The highest BCUT2D eigenvalue weighted by Gasteiger charge is 2.36. The lowest BCUT2D eigenvalue weighted by molar-refractivity contribution is -0.138. The fourth-order valence-electron chi connectivity index (χ4n) is 3.84. The second-order valence-corrected chi connectivity index (χ2v) is 8.28. The number of rotatable bonds is 5. The lowest BCUT2D eigenvalue weighted by Crippen LogP contribution is -2.49. The van der Waals surface area contributed by atoms with Crippen LogP contribution >= 0.6 is 0 Å². The molecule has 2 fully saturated rings. The Hall–Kier alpha value is -3.17. The van der Waals surface area contributed by atoms with Crippen LogP contribution in [0.15, 0.2) is 36.4 Å². The third-order valence-electron chi connectivity index (χ3n) is 6.04. The van der Waals surface area contributed by atoms with Crippen molar-refractivity contribution in [2.45, 2.75) is 19.5 Å². The highest BCUT2D eigenvalue weighted by atomic mass is 19.4. The van der Waals surface area contributed by atoms with Gasteiger partial charge < -0.3 is 15.1 Å². The molecule has 1 aliphatic carbocycles. The summed E-state index contributed by atoms with van der Waals surface area (Å²) in [4.78, 5) is 28.2. The van der Waals surface area contributed by atoms with E-state index in [4.69, 9.17) is 0 Å². The molecule has 2 unspecified atom stereocenters. The standard InChI is InChI=1S/C22H24F3N5O2/c1-14-12-15(14)13-26-20(31)18-6-7-19(28-27-18)29-8-10-30(11-9-29)21(32)16-4-2-3-5-17(16)22(23,24)25/h2-7,14-15H,8-13H2,1H3,(H,26,31). The third kappa shape index (κ3) is 4.84. The van der Waals surface area contributed by atoms with Crippen molar-refractivity contribution >= 4 is 17.6 Å². The second kappa shape index (κ2) is 8.76. The average molecular weight is 447 g/mol. The minimum atomic E-state index is -4.59. The van der Waals surface area contributed by atoms with Crippen molar-refractivity contribution in [2.75, 3.05) is 37.6 Å². The van der Waals surface area contributed by atoms with Crippen LogP contribution in [0.2, 0.25) is 0 Å². The Labute approximate surface area is 183 Å². The molecular formula is C22H24F3N5O2. The quantitative estimate of drug-likeness (QED) is 0.763. The SMILES string of the molecule is CC1CC1CNC(=O)c1ccc(N2CCN(C(=O)c3ccccc3C(F)(F)F)CC2)nn1. The number of aromatic nitrogens is 2. The molecule has 32 heavy (non-hydrogen) atoms. The van der Waals surface area contributed by atoms with Crippen LogP contribution in [-0.4, -0.2) is 59.6 Å². The number of alkyl halides is 3. The van der Waals surface area contributed by atoms with E-state index in [9.17, 15) is 22.8 Å². The second-order valence-electron chi connectivity index (χ2n) is 8.28. The van der Waals surface area contributed by atoms with Crippen molar-refractivity contribution in [3.05, 3.63) is 53.2 Å². The molecule has 0 spiro atoms. The Balaban J connectivity index is 1.34. The van der Waals surface area contributed by atoms with Crippen LogP contribution < -0.4 is 10.2 Å². The smallest absolute Gasteiger partial charge is 0.352 e. The number of carbonyl (C=O) groups is 2. The molecule has 2 aliphatic rings. The van der Waals surface area contributed by atoms with E-state index in [0.29, 0.717) is 37.3 Å². The molecule has 1 aliphatic heterocycles. The van der Waals surface area contributed by atoms with E-state index in [1.165, 1.54) is 23.1 Å². The Morgan fingerprint density at radius 2 is 1.75 bits per heavy atom. The van der Waals surface area contributed by atoms with Gasteiger partial charge in [-0.15, -0.1) is 10.2 Å². The van der Waals surface area contributed by atoms with Gasteiger partial charge in [0.1, 0.15) is 0 Å². The maximum absolute atomic E-state index is 13.2. The largest absolute Gasteiger partial charge is 0.417 e. The number of anilines is 1. The van der Waals surface area contributed by atoms with Gasteiger partial charge in [0.2, 0.25) is 0 Å². The first kappa shape index (κ1) is 22.0. The first-order valence-corrected chi connectivity index (χ1v) is 10.6. The molecule has 1 N–H and O–H groups in total. The van der Waals surface area contributed by atoms with Gasteiger partial charge in [-0.05, 0) is 42.5 Å². The number of hydrogen-bond donors (Lipinski definition) is 1. The van der Waals surface area contributed by atoms with Crippen molar-refractivity contribution < 1.29 is 22.8 Å². The first-order valence-electron chi connectivity index (χ1n) is 10.6. The van der Waals surface area contributed by atoms with E-state index in [1.54, 1.807) is 12.1 Å². The number of halogens is 3. The van der Waals surface area contributed by atoms with Crippen molar-refractivity contribution in [2.24, 2.45) is 11.8 Å². The summed E-state index contributed by atoms with van der Waals surface area (Å²) in [7, 11) is 0. The van der Waals surface area contributed by atoms with Gasteiger partial charge >= 0.3 is 6.18 Å². The molecule has 2 atom stereocenters. The average Bonchev–Trinajstić information content (AvgIpc) is 3.51. The van der Waals surface area contributed by atoms with Crippen LogP contribution in [-0.2, 0) is 6.18 Å². The molecule has 1 saturated carbocycles. The van der Waals surface area contributed by atoms with Crippen LogP contribution in [0.5, 0.6) is 0 Å². The highest BCUT2D eigenvalue weighted by molar-refractivity contribution is 5.96. The van der Waals surface area contributed by atoms with E-state index in [-0.39, 0.29) is 30.3 Å². The number of piperazine rings is 1. The summed E-state index contributed by atoms with van der Waals surface area (Å²) in [5.41, 5.74) is -1.04. The number of nitrogens with one attached hydrogen (secondary N) is 1. The van der Waals surface area contributed by atoms with Crippen LogP contribution in [0.3, 0.4) is 0 Å². The number of amides is 2. The predicted octanol–water partition coefficient (Wildman–Crippen LogP) is 2.84. The Morgan fingerprint density at radius 3 is 2.34 bits per heavy atom. The molecule has 170 valence electrons. The molecule has 0 bridgehead atoms. The Morgan fingerprint density at radius 1 is 1.06 bits per heavy atom. The van der Waals surface area contributed by atoms with E-state index >= 15 is 0 Å². The number of carbonyl (C=O) groups excluding carboxylic acids is 2. The van der Waals surface area contributed by atoms with Crippen LogP contribution in [0.4, 0.5) is 19.0 Å². The molecule has 1 aromatic carbocycles. The molecule has 10 heteroatoms. The fraction of sp³-hybridized carbons (Fsp3) is 0.455. The van der Waals surface area contributed by atoms with Crippen molar-refractivity contribution in [1.29, 1.82) is 0 Å². The van der Waals surface area contributed by atoms with E-state index in [2.05, 4.69) is 22.4 Å². The van der Waals surface area contributed by atoms with Gasteiger partial charge in [0, 0.05) is 32.7 Å². The molecule has 7 nitrogen and oxygen atoms in total. The maximum Gasteiger partial charge on any atom is 0.417 e. The lowest BCUT2D eigenvalue weighted by Gasteiger charge is -2.35. The topological polar surface area (TPSA) is 78.4 Å². The van der Waals surface area contributed by atoms with Crippen molar-refractivity contribution in [3.63, 3.8) is 0 Å². The summed E-state index contributed by atoms with van der Waals surface area (Å²) in [5.74, 6) is 0.840. The van der Waals surface area contributed by atoms with Gasteiger partial charge in [0.05, 0.1) is 11.1 Å². The first-order chi connectivity index (χ1) is 15.2. The van der Waals surface area contributed by atoms with E-state index in [1.807, 2.05) is 4.90 Å². The maximum atomic E-state index is 13.2. The zero-order chi connectivity index (χ0) is 22.9. The molecule has 1 saturated heterocycles. The summed E-state index contributed by atoms with van der Waals surface area (Å²) in [6, 6.07) is 8.12. The Kier molecular flexibility index (Phi) is 6.03. The molecular weight excluding hydrogens is 423 g/mol. The van der Waals surface area contributed by atoms with Crippen molar-refractivity contribution in [3.8, 4) is 0 Å². The molecule has 4 rings (SSSR count). The summed E-state index contributed by atoms with van der Waals surface area (Å²) in [5, 5.41) is 11.0. The summed E-state index contributed by atoms with van der Waals surface area (Å²) >= 11 is 0. The van der Waals surface area contributed by atoms with Crippen LogP contribution in [0.25, 0.3) is 0 Å². The zero-order valence-corrected chi connectivity index (χ0v) is 17.6. The summed E-state index contributed by atoms with van der Waals surface area (Å²) in [6.45, 7) is 4.10. The Bertz CT molecular complexity index is 988. The monoisotopic (exact) mass is 447 g/mol. The molecule has 2 amide bonds. The number of nitrogens with zero attached hydrogens (tertiary/aromatic N) is 4. The van der Waals surface area contributed by atoms with Gasteiger partial charge in [-0.1, -0.05) is 19.1 Å². The minimum Gasteiger partial charge on any atom is -0.352 e. The lowest BCUT2D eigenvalue weighted by atomic mass is 10.1. The van der Waals surface area contributed by atoms with Gasteiger partial charge in [0.15, 0.2) is 11.5 Å². The van der Waals surface area contributed by atoms with Crippen molar-refractivity contribution in [1.82, 2.24) is 20.4 Å². The zero-order valence-electron chi connectivity index (χ0n) is 17.6. The summed E-state index contributed by atoms with van der Waals surface area (Å²) < 4.78 is 39.7. The number of benzene rings is 1. The fourth-order valence-corrected chi connectivity index (χ4v) is 3.84. The summed E-state index contributed by atoms with van der Waals surface area (Å²) in [6.07, 6.45) is -3.46. The third-order valence-corrected chi connectivity index (χ3v) is 6.04. The van der Waals surface area contributed by atoms with Gasteiger partial charge in [-0.2, -0.15) is 13.2 Å². The van der Waals surface area contributed by atoms with Gasteiger partial charge in [-0.25, -0.2) is 0 Å². The normalized spacial score (nSPS) is 20.8. The molecule has 1 aromatic heterocycles. The molecule has 0 radical (unpaired) electrons. The molecule has 2 aromatic rings. The highest BCUT2D eigenvalue weighted by Crippen LogP contribution is 2.36. The van der Waals surface area contributed by atoms with Gasteiger partial charge in [-0.3, -0.25) is 9.59 Å². The van der Waals surface area contributed by atoms with Crippen LogP contribution in [0.1, 0.15) is 39.8 Å². The predicted molar refractivity (Wildman–Crippen MR) is 111 cm³/mol. The van der Waals surface area contributed by atoms with Crippen LogP contribution in [0, 0.1) is 11.8 Å². The number of hydrogen-bond acceptors (Lipinski definition) is 5. The van der Waals surface area contributed by atoms with E-state index < -0.39 is 17.6 Å². The minimum absolute atomic E-state index is 0.236. The van der Waals surface area contributed by atoms with Gasteiger partial charge in [0.25, 0.3) is 11.8 Å².